The van der Waals surface area contributed by atoms with E-state index in [9.17, 15) is 0 Å². The lowest BCUT2D eigenvalue weighted by Crippen LogP contribution is -2.19. The fraction of sp³-hybridized carbons (Fsp3) is 0.778. The van der Waals surface area contributed by atoms with Crippen LogP contribution in [-0.2, 0) is 4.74 Å². The SMILES string of the molecule is CCC#CC1(C)CCCO1. The van der Waals surface area contributed by atoms with Gasteiger partial charge in [-0.2, -0.15) is 0 Å². The van der Waals surface area contributed by atoms with Crippen molar-refractivity contribution in [1.29, 1.82) is 0 Å². The van der Waals surface area contributed by atoms with Gasteiger partial charge in [0.15, 0.2) is 0 Å². The van der Waals surface area contributed by atoms with Crippen molar-refractivity contribution in [2.24, 2.45) is 0 Å². The molecule has 0 N–H and O–H groups in total. The summed E-state index contributed by atoms with van der Waals surface area (Å²) in [5, 5.41) is 0. The minimum atomic E-state index is -0.115. The summed E-state index contributed by atoms with van der Waals surface area (Å²) in [6.45, 7) is 5.02. The highest BCUT2D eigenvalue weighted by Gasteiger charge is 2.26. The first kappa shape index (κ1) is 7.63. The average molecular weight is 138 g/mol. The molecular formula is C9H14O. The van der Waals surface area contributed by atoms with E-state index in [1.54, 1.807) is 0 Å². The Kier molecular flexibility index (Phi) is 2.34. The van der Waals surface area contributed by atoms with Gasteiger partial charge in [0, 0.05) is 13.0 Å². The second-order valence-electron chi connectivity index (χ2n) is 2.84. The van der Waals surface area contributed by atoms with Gasteiger partial charge in [-0.05, 0) is 19.8 Å². The monoisotopic (exact) mass is 138 g/mol. The Labute approximate surface area is 62.8 Å². The summed E-state index contributed by atoms with van der Waals surface area (Å²) in [7, 11) is 0. The summed E-state index contributed by atoms with van der Waals surface area (Å²) in [6.07, 6.45) is 3.19. The predicted molar refractivity (Wildman–Crippen MR) is 41.7 cm³/mol. The fourth-order valence-electron chi connectivity index (χ4n) is 1.15. The van der Waals surface area contributed by atoms with Crippen molar-refractivity contribution in [3.05, 3.63) is 0 Å². The normalized spacial score (nSPS) is 31.4. The number of hydrogen-bond acceptors (Lipinski definition) is 1. The maximum Gasteiger partial charge on any atom is 0.125 e. The molecule has 1 unspecified atom stereocenters. The summed E-state index contributed by atoms with van der Waals surface area (Å²) in [5.41, 5.74) is -0.115. The fourth-order valence-corrected chi connectivity index (χ4v) is 1.15. The van der Waals surface area contributed by atoms with Crippen LogP contribution in [0, 0.1) is 11.8 Å². The van der Waals surface area contributed by atoms with Crippen LogP contribution in [0.5, 0.6) is 0 Å². The highest BCUT2D eigenvalue weighted by atomic mass is 16.5. The van der Waals surface area contributed by atoms with E-state index in [1.807, 2.05) is 0 Å². The molecule has 56 valence electrons. The lowest BCUT2D eigenvalue weighted by atomic mass is 10.0. The molecule has 1 aliphatic rings. The molecule has 10 heavy (non-hydrogen) atoms. The molecule has 1 saturated heterocycles. The molecule has 0 bridgehead atoms. The maximum atomic E-state index is 5.47. The smallest absolute Gasteiger partial charge is 0.125 e. The van der Waals surface area contributed by atoms with Gasteiger partial charge in [-0.1, -0.05) is 12.8 Å². The third-order valence-corrected chi connectivity index (χ3v) is 1.75. The molecule has 1 nitrogen and oxygen atoms in total. The lowest BCUT2D eigenvalue weighted by Gasteiger charge is -2.14. The van der Waals surface area contributed by atoms with Crippen molar-refractivity contribution in [2.45, 2.75) is 38.7 Å². The van der Waals surface area contributed by atoms with Crippen molar-refractivity contribution in [2.75, 3.05) is 6.61 Å². The van der Waals surface area contributed by atoms with Gasteiger partial charge >= 0.3 is 0 Å². The van der Waals surface area contributed by atoms with Crippen molar-refractivity contribution in [1.82, 2.24) is 0 Å². The van der Waals surface area contributed by atoms with Gasteiger partial charge in [-0.25, -0.2) is 0 Å². The molecule has 0 aliphatic carbocycles. The van der Waals surface area contributed by atoms with Gasteiger partial charge in [0.25, 0.3) is 0 Å². The Morgan fingerprint density at radius 2 is 2.40 bits per heavy atom. The Balaban J connectivity index is 2.51. The molecular weight excluding hydrogens is 124 g/mol. The molecule has 1 aliphatic heterocycles. The summed E-state index contributed by atoms with van der Waals surface area (Å²) in [6, 6.07) is 0. The third-order valence-electron chi connectivity index (χ3n) is 1.75. The van der Waals surface area contributed by atoms with Crippen molar-refractivity contribution >= 4 is 0 Å². The summed E-state index contributed by atoms with van der Waals surface area (Å²) < 4.78 is 5.47. The zero-order valence-electron chi connectivity index (χ0n) is 6.74. The van der Waals surface area contributed by atoms with Gasteiger partial charge in [0.05, 0.1) is 0 Å². The van der Waals surface area contributed by atoms with E-state index in [0.717, 1.165) is 25.9 Å². The summed E-state index contributed by atoms with van der Waals surface area (Å²) in [5.74, 6) is 6.19. The zero-order valence-corrected chi connectivity index (χ0v) is 6.74. The molecule has 1 fully saturated rings. The minimum absolute atomic E-state index is 0.115. The van der Waals surface area contributed by atoms with Gasteiger partial charge < -0.3 is 4.74 Å². The molecule has 1 atom stereocenters. The Morgan fingerprint density at radius 1 is 1.60 bits per heavy atom. The van der Waals surface area contributed by atoms with Crippen LogP contribution in [0.4, 0.5) is 0 Å². The van der Waals surface area contributed by atoms with E-state index in [2.05, 4.69) is 25.7 Å². The van der Waals surface area contributed by atoms with Gasteiger partial charge in [0.1, 0.15) is 5.60 Å². The first-order valence-corrected chi connectivity index (χ1v) is 3.91. The van der Waals surface area contributed by atoms with E-state index < -0.39 is 0 Å². The van der Waals surface area contributed by atoms with Gasteiger partial charge in [-0.15, -0.1) is 5.92 Å². The number of hydrogen-bond donors (Lipinski definition) is 0. The standard InChI is InChI=1S/C9H14O/c1-3-4-6-9(2)7-5-8-10-9/h3,5,7-8H2,1-2H3. The lowest BCUT2D eigenvalue weighted by molar-refractivity contribution is 0.0694. The quantitative estimate of drug-likeness (QED) is 0.465. The van der Waals surface area contributed by atoms with Crippen LogP contribution >= 0.6 is 0 Å². The van der Waals surface area contributed by atoms with Gasteiger partial charge in [0.2, 0.25) is 0 Å². The van der Waals surface area contributed by atoms with Crippen molar-refractivity contribution < 1.29 is 4.74 Å². The second kappa shape index (κ2) is 3.07. The largest absolute Gasteiger partial charge is 0.363 e. The first-order chi connectivity index (χ1) is 4.77. The molecule has 1 heteroatoms. The Morgan fingerprint density at radius 3 is 2.90 bits per heavy atom. The number of ether oxygens (including phenoxy) is 1. The molecule has 0 aromatic carbocycles. The van der Waals surface area contributed by atoms with Crippen LogP contribution in [-0.4, -0.2) is 12.2 Å². The topological polar surface area (TPSA) is 9.23 Å². The molecule has 0 spiro atoms. The maximum absolute atomic E-state index is 5.47. The molecule has 1 rings (SSSR count). The van der Waals surface area contributed by atoms with E-state index in [1.165, 1.54) is 0 Å². The zero-order chi connectivity index (χ0) is 7.45. The van der Waals surface area contributed by atoms with Crippen LogP contribution < -0.4 is 0 Å². The molecule has 0 saturated carbocycles. The Bertz CT molecular complexity index is 155. The van der Waals surface area contributed by atoms with E-state index in [4.69, 9.17) is 4.74 Å². The highest BCUT2D eigenvalue weighted by molar-refractivity contribution is 5.13. The Hall–Kier alpha value is -0.480. The highest BCUT2D eigenvalue weighted by Crippen LogP contribution is 2.23. The number of rotatable bonds is 0. The van der Waals surface area contributed by atoms with E-state index >= 15 is 0 Å². The van der Waals surface area contributed by atoms with E-state index in [-0.39, 0.29) is 5.60 Å². The van der Waals surface area contributed by atoms with Crippen LogP contribution in [0.2, 0.25) is 0 Å². The van der Waals surface area contributed by atoms with Crippen molar-refractivity contribution in [3.8, 4) is 11.8 Å². The molecule has 0 aromatic heterocycles. The van der Waals surface area contributed by atoms with E-state index in [0.29, 0.717) is 0 Å². The third kappa shape index (κ3) is 1.75. The summed E-state index contributed by atoms with van der Waals surface area (Å²) >= 11 is 0. The molecule has 0 radical (unpaired) electrons. The average Bonchev–Trinajstić information content (AvgIpc) is 2.33. The van der Waals surface area contributed by atoms with Crippen LogP contribution in [0.3, 0.4) is 0 Å². The van der Waals surface area contributed by atoms with Crippen LogP contribution in [0.15, 0.2) is 0 Å². The van der Waals surface area contributed by atoms with Crippen LogP contribution in [0.25, 0.3) is 0 Å². The van der Waals surface area contributed by atoms with Crippen LogP contribution in [0.1, 0.15) is 33.1 Å². The molecule has 0 aromatic rings. The summed E-state index contributed by atoms with van der Waals surface area (Å²) in [4.78, 5) is 0. The minimum Gasteiger partial charge on any atom is -0.363 e. The first-order valence-electron chi connectivity index (χ1n) is 3.91. The molecule has 1 heterocycles. The van der Waals surface area contributed by atoms with Gasteiger partial charge in [-0.3, -0.25) is 0 Å². The van der Waals surface area contributed by atoms with Crippen molar-refractivity contribution in [3.63, 3.8) is 0 Å². The predicted octanol–water partition coefficient (Wildman–Crippen LogP) is 1.97. The second-order valence-corrected chi connectivity index (χ2v) is 2.84. The molecule has 0 amide bonds.